The number of allylic oxidation sites excluding steroid dienone is 4. The lowest BCUT2D eigenvalue weighted by Crippen LogP contribution is -2.12. The maximum Gasteiger partial charge on any atom is 0.149 e. The Hall–Kier alpha value is -1.51. The molecule has 0 aromatic carbocycles. The van der Waals surface area contributed by atoms with Crippen molar-refractivity contribution in [3.8, 4) is 0 Å². The fourth-order valence-corrected chi connectivity index (χ4v) is 2.41. The first-order valence-corrected chi connectivity index (χ1v) is 6.75. The zero-order valence-electron chi connectivity index (χ0n) is 10.8. The van der Waals surface area contributed by atoms with E-state index in [0.717, 1.165) is 55.4 Å². The van der Waals surface area contributed by atoms with E-state index in [1.54, 1.807) is 0 Å². The number of carbonyl (C=O) groups excluding carboxylic acids is 1. The van der Waals surface area contributed by atoms with E-state index in [1.165, 1.54) is 18.4 Å². The van der Waals surface area contributed by atoms with E-state index in [2.05, 4.69) is 6.08 Å². The molecule has 98 valence electrons. The van der Waals surface area contributed by atoms with E-state index in [-0.39, 0.29) is 0 Å². The predicted molar refractivity (Wildman–Crippen MR) is 71.7 cm³/mol. The lowest BCUT2D eigenvalue weighted by molar-refractivity contribution is -0.105. The van der Waals surface area contributed by atoms with Crippen LogP contribution in [0.3, 0.4) is 0 Å². The van der Waals surface area contributed by atoms with Crippen LogP contribution in [0, 0.1) is 0 Å². The van der Waals surface area contributed by atoms with Gasteiger partial charge in [-0.3, -0.25) is 4.79 Å². The van der Waals surface area contributed by atoms with Gasteiger partial charge in [0.25, 0.3) is 0 Å². The number of hydrogen-bond acceptors (Lipinski definition) is 3. The topological polar surface area (TPSA) is 52.3 Å². The third-order valence-corrected chi connectivity index (χ3v) is 3.58. The molecular weight excluding hydrogens is 226 g/mol. The Morgan fingerprint density at radius 2 is 2.06 bits per heavy atom. The Morgan fingerprint density at radius 1 is 1.22 bits per heavy atom. The zero-order valence-corrected chi connectivity index (χ0v) is 10.8. The fourth-order valence-electron chi connectivity index (χ4n) is 2.41. The minimum Gasteiger partial charge on any atom is -0.489 e. The molecule has 0 amide bonds. The summed E-state index contributed by atoms with van der Waals surface area (Å²) >= 11 is 0. The van der Waals surface area contributed by atoms with Crippen molar-refractivity contribution in [1.29, 1.82) is 0 Å². The standard InChI is InChI=1S/C15H21NO2/c16-14-8-5-4-7-13(14)11-18-15-9-3-1-2-6-12(15)10-17/h3,9-10H,1-2,4-8,11,16H2. The van der Waals surface area contributed by atoms with Gasteiger partial charge in [0.05, 0.1) is 0 Å². The highest BCUT2D eigenvalue weighted by molar-refractivity contribution is 5.75. The van der Waals surface area contributed by atoms with E-state index < -0.39 is 0 Å². The van der Waals surface area contributed by atoms with Crippen LogP contribution in [0.25, 0.3) is 0 Å². The highest BCUT2D eigenvalue weighted by Crippen LogP contribution is 2.24. The summed E-state index contributed by atoms with van der Waals surface area (Å²) in [5.41, 5.74) is 8.95. The third kappa shape index (κ3) is 3.25. The summed E-state index contributed by atoms with van der Waals surface area (Å²) < 4.78 is 5.80. The van der Waals surface area contributed by atoms with Gasteiger partial charge in [0.2, 0.25) is 0 Å². The maximum atomic E-state index is 11.0. The van der Waals surface area contributed by atoms with Gasteiger partial charge in [-0.2, -0.15) is 0 Å². The fraction of sp³-hybridized carbons (Fsp3) is 0.533. The number of nitrogens with two attached hydrogens (primary N) is 1. The Bertz CT molecular complexity index is 405. The molecular formula is C15H21NO2. The summed E-state index contributed by atoms with van der Waals surface area (Å²) in [6, 6.07) is 0. The summed E-state index contributed by atoms with van der Waals surface area (Å²) in [7, 11) is 0. The van der Waals surface area contributed by atoms with Crippen LogP contribution in [-0.2, 0) is 9.53 Å². The molecule has 2 aliphatic rings. The second kappa shape index (κ2) is 6.43. The Kier molecular flexibility index (Phi) is 4.62. The van der Waals surface area contributed by atoms with Gasteiger partial charge in [0.15, 0.2) is 0 Å². The average molecular weight is 247 g/mol. The second-order valence-electron chi connectivity index (χ2n) is 4.93. The van der Waals surface area contributed by atoms with E-state index in [9.17, 15) is 4.79 Å². The Balaban J connectivity index is 2.03. The lowest BCUT2D eigenvalue weighted by Gasteiger charge is -2.18. The minimum atomic E-state index is 0.531. The van der Waals surface area contributed by atoms with Crippen molar-refractivity contribution in [1.82, 2.24) is 0 Å². The first-order chi connectivity index (χ1) is 8.81. The third-order valence-electron chi connectivity index (χ3n) is 3.58. The van der Waals surface area contributed by atoms with Crippen molar-refractivity contribution in [2.75, 3.05) is 6.61 Å². The van der Waals surface area contributed by atoms with Crippen LogP contribution in [0.2, 0.25) is 0 Å². The van der Waals surface area contributed by atoms with Gasteiger partial charge >= 0.3 is 0 Å². The first-order valence-electron chi connectivity index (χ1n) is 6.75. The van der Waals surface area contributed by atoms with E-state index in [1.807, 2.05) is 6.08 Å². The van der Waals surface area contributed by atoms with Gasteiger partial charge in [-0.25, -0.2) is 0 Å². The molecule has 0 spiro atoms. The normalized spacial score (nSPS) is 20.9. The van der Waals surface area contributed by atoms with Crippen LogP contribution in [-0.4, -0.2) is 12.9 Å². The molecule has 2 N–H and O–H groups in total. The second-order valence-corrected chi connectivity index (χ2v) is 4.93. The monoisotopic (exact) mass is 247 g/mol. The van der Waals surface area contributed by atoms with Crippen molar-refractivity contribution in [3.63, 3.8) is 0 Å². The number of ether oxygens (including phenoxy) is 1. The number of aldehydes is 1. The highest BCUT2D eigenvalue weighted by atomic mass is 16.5. The highest BCUT2D eigenvalue weighted by Gasteiger charge is 2.13. The Morgan fingerprint density at radius 3 is 2.83 bits per heavy atom. The molecule has 0 bridgehead atoms. The van der Waals surface area contributed by atoms with Crippen molar-refractivity contribution in [2.24, 2.45) is 5.73 Å². The van der Waals surface area contributed by atoms with Crippen molar-refractivity contribution in [3.05, 3.63) is 34.8 Å². The van der Waals surface area contributed by atoms with Crippen LogP contribution in [0.5, 0.6) is 0 Å². The molecule has 0 aromatic rings. The van der Waals surface area contributed by atoms with Crippen LogP contribution in [0.4, 0.5) is 0 Å². The summed E-state index contributed by atoms with van der Waals surface area (Å²) in [5.74, 6) is 0.730. The molecule has 0 aromatic heterocycles. The molecule has 2 aliphatic carbocycles. The van der Waals surface area contributed by atoms with Gasteiger partial charge in [-0.15, -0.1) is 0 Å². The molecule has 0 heterocycles. The molecule has 18 heavy (non-hydrogen) atoms. The van der Waals surface area contributed by atoms with E-state index >= 15 is 0 Å². The molecule has 3 heteroatoms. The molecule has 0 unspecified atom stereocenters. The number of rotatable bonds is 4. The molecule has 0 saturated heterocycles. The van der Waals surface area contributed by atoms with E-state index in [0.29, 0.717) is 6.61 Å². The average Bonchev–Trinajstić information content (AvgIpc) is 2.62. The molecule has 2 rings (SSSR count). The molecule has 0 fully saturated rings. The van der Waals surface area contributed by atoms with Crippen molar-refractivity contribution in [2.45, 2.75) is 44.9 Å². The van der Waals surface area contributed by atoms with Crippen molar-refractivity contribution >= 4 is 6.29 Å². The molecule has 0 radical (unpaired) electrons. The summed E-state index contributed by atoms with van der Waals surface area (Å²) in [4.78, 5) is 11.0. The van der Waals surface area contributed by atoms with Crippen LogP contribution in [0.15, 0.2) is 34.8 Å². The maximum absolute atomic E-state index is 11.0. The quantitative estimate of drug-likeness (QED) is 0.777. The van der Waals surface area contributed by atoms with Gasteiger partial charge in [0.1, 0.15) is 18.7 Å². The SMILES string of the molecule is NC1=C(COC2=C(C=O)CCCC=C2)CCCC1. The van der Waals surface area contributed by atoms with Crippen LogP contribution < -0.4 is 5.73 Å². The molecule has 3 nitrogen and oxygen atoms in total. The predicted octanol–water partition coefficient (Wildman–Crippen LogP) is 2.98. The minimum absolute atomic E-state index is 0.531. The molecule has 0 atom stereocenters. The van der Waals surface area contributed by atoms with Gasteiger partial charge < -0.3 is 10.5 Å². The van der Waals surface area contributed by atoms with Crippen molar-refractivity contribution < 1.29 is 9.53 Å². The summed E-state index contributed by atoms with van der Waals surface area (Å²) in [6.45, 7) is 0.531. The number of hydrogen-bond donors (Lipinski definition) is 1. The zero-order chi connectivity index (χ0) is 12.8. The summed E-state index contributed by atoms with van der Waals surface area (Å²) in [5, 5.41) is 0. The molecule has 0 saturated carbocycles. The van der Waals surface area contributed by atoms with Gasteiger partial charge in [-0.1, -0.05) is 6.08 Å². The molecule has 0 aliphatic heterocycles. The largest absolute Gasteiger partial charge is 0.489 e. The Labute approximate surface area is 108 Å². The van der Waals surface area contributed by atoms with E-state index in [4.69, 9.17) is 10.5 Å². The van der Waals surface area contributed by atoms with Gasteiger partial charge in [0, 0.05) is 11.3 Å². The lowest BCUT2D eigenvalue weighted by atomic mass is 9.97. The van der Waals surface area contributed by atoms with Crippen LogP contribution in [0.1, 0.15) is 44.9 Å². The summed E-state index contributed by atoms with van der Waals surface area (Å²) in [6.07, 6.45) is 12.1. The first kappa shape index (κ1) is 12.9. The number of carbonyl (C=O) groups is 1. The van der Waals surface area contributed by atoms with Crippen LogP contribution >= 0.6 is 0 Å². The van der Waals surface area contributed by atoms with Gasteiger partial charge in [-0.05, 0) is 56.6 Å². The smallest absolute Gasteiger partial charge is 0.149 e.